The van der Waals surface area contributed by atoms with E-state index < -0.39 is 23.8 Å². The maximum Gasteiger partial charge on any atom is 0.224 e. The van der Waals surface area contributed by atoms with Crippen LogP contribution in [0.15, 0.2) is 58.5 Å². The van der Waals surface area contributed by atoms with E-state index in [0.29, 0.717) is 30.8 Å². The van der Waals surface area contributed by atoms with Gasteiger partial charge in [-0.05, 0) is 67.9 Å². The minimum atomic E-state index is -0.869. The Morgan fingerprint density at radius 3 is 1.96 bits per heavy atom. The number of nitrogens with one attached hydrogen (secondary N) is 3. The van der Waals surface area contributed by atoms with Gasteiger partial charge in [-0.2, -0.15) is 0 Å². The van der Waals surface area contributed by atoms with Crippen LogP contribution in [0.1, 0.15) is 70.1 Å². The fraction of sp³-hybridized carbons (Fsp3) is 0.441. The zero-order valence-electron chi connectivity index (χ0n) is 27.7. The molecule has 0 saturated carbocycles. The van der Waals surface area contributed by atoms with Gasteiger partial charge in [-0.1, -0.05) is 50.2 Å². The van der Waals surface area contributed by atoms with Crippen LogP contribution in [-0.2, 0) is 32.1 Å². The lowest BCUT2D eigenvalue weighted by Gasteiger charge is -2.26. The molecular formula is C34H49N9O4. The van der Waals surface area contributed by atoms with Gasteiger partial charge < -0.3 is 43.8 Å². The first kappa shape index (κ1) is 38.1. The summed E-state index contributed by atoms with van der Waals surface area (Å²) >= 11 is 0. The van der Waals surface area contributed by atoms with Gasteiger partial charge in [0.05, 0.1) is 11.7 Å². The van der Waals surface area contributed by atoms with Crippen molar-refractivity contribution in [2.24, 2.45) is 50.7 Å². The standard InChI is InChI=1S/C34H49N9O4/c1-20(2)30(43-32(47)26(16-21(3)44)6-5-15-40-33(36)37)29(45)18-27(17-23-9-13-28(14-10-23)42-34(38)39)31(46)41-19-24-7-11-25(12-8-24)22(4)35/h7-14,20,26-27,30,35H,5-6,15-19H2,1-4H3,(H,41,46)(H,43,47)(H4,36,37,40)(H4,38,39,42)/t26-,27-,30+/m1/s1. The number of benzene rings is 2. The van der Waals surface area contributed by atoms with Gasteiger partial charge in [0.1, 0.15) is 5.78 Å². The van der Waals surface area contributed by atoms with E-state index in [1.54, 1.807) is 31.2 Å². The topological polar surface area (TPSA) is 245 Å². The molecule has 13 nitrogen and oxygen atoms in total. The fourth-order valence-electron chi connectivity index (χ4n) is 5.08. The van der Waals surface area contributed by atoms with E-state index in [1.807, 2.05) is 38.1 Å². The smallest absolute Gasteiger partial charge is 0.224 e. The predicted octanol–water partition coefficient (Wildman–Crippen LogP) is 2.20. The number of hydrogen-bond donors (Lipinski definition) is 7. The molecule has 13 heteroatoms. The zero-order chi connectivity index (χ0) is 35.1. The lowest BCUT2D eigenvalue weighted by Crippen LogP contribution is -2.48. The summed E-state index contributed by atoms with van der Waals surface area (Å²) in [4.78, 5) is 60.6. The average molecular weight is 648 g/mol. The molecule has 2 amide bonds. The maximum absolute atomic E-state index is 13.8. The van der Waals surface area contributed by atoms with Gasteiger partial charge in [0, 0.05) is 43.5 Å². The summed E-state index contributed by atoms with van der Waals surface area (Å²) in [6.07, 6.45) is 0.994. The Morgan fingerprint density at radius 2 is 1.43 bits per heavy atom. The van der Waals surface area contributed by atoms with Crippen LogP contribution in [0.5, 0.6) is 0 Å². The van der Waals surface area contributed by atoms with Crippen LogP contribution in [0.3, 0.4) is 0 Å². The molecule has 0 aliphatic carbocycles. The lowest BCUT2D eigenvalue weighted by atomic mass is 9.87. The molecule has 0 radical (unpaired) electrons. The highest BCUT2D eigenvalue weighted by molar-refractivity contribution is 5.96. The van der Waals surface area contributed by atoms with E-state index in [2.05, 4.69) is 20.6 Å². The molecule has 2 aromatic carbocycles. The monoisotopic (exact) mass is 647 g/mol. The van der Waals surface area contributed by atoms with Gasteiger partial charge in [-0.25, -0.2) is 4.99 Å². The summed E-state index contributed by atoms with van der Waals surface area (Å²) in [5.41, 5.74) is 25.2. The quantitative estimate of drug-likeness (QED) is 0.0675. The number of Topliss-reactive ketones (excluding diaryl/α,β-unsaturated/α-hetero) is 2. The van der Waals surface area contributed by atoms with Crippen LogP contribution in [0.25, 0.3) is 0 Å². The SMILES string of the molecule is CC(=N)c1ccc(CNC(=O)[C@@H](CC(=O)[C@@H](NC(=O)[C@H](CCCN=C(N)N)CC(C)=O)C(C)C)Cc2ccc(N=C(N)N)cc2)cc1. The number of rotatable bonds is 19. The lowest BCUT2D eigenvalue weighted by molar-refractivity contribution is -0.134. The van der Waals surface area contributed by atoms with Crippen LogP contribution in [0.4, 0.5) is 5.69 Å². The molecule has 0 aliphatic rings. The van der Waals surface area contributed by atoms with Crippen molar-refractivity contribution in [3.8, 4) is 0 Å². The third kappa shape index (κ3) is 13.8. The second-order valence-corrected chi connectivity index (χ2v) is 12.1. The van der Waals surface area contributed by atoms with Gasteiger partial charge in [-0.15, -0.1) is 0 Å². The van der Waals surface area contributed by atoms with Crippen LogP contribution in [-0.4, -0.2) is 53.6 Å². The van der Waals surface area contributed by atoms with Crippen LogP contribution in [0.2, 0.25) is 0 Å². The summed E-state index contributed by atoms with van der Waals surface area (Å²) in [5, 5.41) is 13.6. The Balaban J connectivity index is 2.25. The highest BCUT2D eigenvalue weighted by atomic mass is 16.2. The molecule has 0 spiro atoms. The summed E-state index contributed by atoms with van der Waals surface area (Å²) < 4.78 is 0. The number of guanidine groups is 2. The second kappa shape index (κ2) is 18.8. The van der Waals surface area contributed by atoms with Gasteiger partial charge in [0.2, 0.25) is 11.8 Å². The van der Waals surface area contributed by atoms with Gasteiger partial charge >= 0.3 is 0 Å². The first-order chi connectivity index (χ1) is 22.2. The molecule has 0 aliphatic heterocycles. The van der Waals surface area contributed by atoms with Gasteiger partial charge in [0.25, 0.3) is 0 Å². The average Bonchev–Trinajstić information content (AvgIpc) is 2.99. The van der Waals surface area contributed by atoms with Crippen molar-refractivity contribution >= 4 is 46.7 Å². The number of ketones is 2. The molecule has 11 N–H and O–H groups in total. The minimum Gasteiger partial charge on any atom is -0.370 e. The first-order valence-corrected chi connectivity index (χ1v) is 15.6. The van der Waals surface area contributed by atoms with Crippen LogP contribution < -0.4 is 33.6 Å². The molecule has 0 fully saturated rings. The molecule has 47 heavy (non-hydrogen) atoms. The molecule has 0 heterocycles. The Kier molecular flexibility index (Phi) is 15.2. The molecule has 3 atom stereocenters. The van der Waals surface area contributed by atoms with E-state index in [0.717, 1.165) is 16.7 Å². The molecule has 2 aromatic rings. The Bertz CT molecular complexity index is 1440. The number of carbonyl (C=O) groups excluding carboxylic acids is 4. The number of nitrogens with two attached hydrogens (primary N) is 4. The largest absolute Gasteiger partial charge is 0.370 e. The van der Waals surface area contributed by atoms with E-state index in [4.69, 9.17) is 28.3 Å². The molecule has 2 rings (SSSR count). The third-order valence-electron chi connectivity index (χ3n) is 7.57. The van der Waals surface area contributed by atoms with Crippen molar-refractivity contribution in [3.05, 3.63) is 65.2 Å². The van der Waals surface area contributed by atoms with E-state index in [-0.39, 0.29) is 61.1 Å². The first-order valence-electron chi connectivity index (χ1n) is 15.6. The van der Waals surface area contributed by atoms with Crippen LogP contribution >= 0.6 is 0 Å². The summed E-state index contributed by atoms with van der Waals surface area (Å²) in [6, 6.07) is 13.5. The second-order valence-electron chi connectivity index (χ2n) is 12.1. The van der Waals surface area contributed by atoms with Crippen LogP contribution in [0, 0.1) is 23.2 Å². The molecule has 0 bridgehead atoms. The van der Waals surface area contributed by atoms with Crippen molar-refractivity contribution in [1.29, 1.82) is 5.41 Å². The van der Waals surface area contributed by atoms with Gasteiger partial charge in [-0.3, -0.25) is 19.4 Å². The summed E-state index contributed by atoms with van der Waals surface area (Å²) in [6.45, 7) is 7.30. The normalized spacial score (nSPS) is 12.7. The maximum atomic E-state index is 13.8. The Labute approximate surface area is 276 Å². The molecule has 0 aromatic heterocycles. The number of aliphatic imine (C=N–C) groups is 2. The molecule has 254 valence electrons. The fourth-order valence-corrected chi connectivity index (χ4v) is 5.08. The highest BCUT2D eigenvalue weighted by Crippen LogP contribution is 2.21. The van der Waals surface area contributed by atoms with Crippen molar-refractivity contribution in [2.75, 3.05) is 6.54 Å². The number of amides is 2. The highest BCUT2D eigenvalue weighted by Gasteiger charge is 2.31. The Morgan fingerprint density at radius 1 is 0.809 bits per heavy atom. The predicted molar refractivity (Wildman–Crippen MR) is 185 cm³/mol. The minimum absolute atomic E-state index is 0.0217. The zero-order valence-corrected chi connectivity index (χ0v) is 27.7. The van der Waals surface area contributed by atoms with Crippen molar-refractivity contribution in [3.63, 3.8) is 0 Å². The summed E-state index contributed by atoms with van der Waals surface area (Å²) in [5.74, 6) is -2.97. The van der Waals surface area contributed by atoms with E-state index in [9.17, 15) is 19.2 Å². The van der Waals surface area contributed by atoms with Crippen molar-refractivity contribution in [2.45, 2.75) is 72.4 Å². The van der Waals surface area contributed by atoms with Crippen molar-refractivity contribution < 1.29 is 19.2 Å². The molecular weight excluding hydrogens is 598 g/mol. The van der Waals surface area contributed by atoms with E-state index >= 15 is 0 Å². The van der Waals surface area contributed by atoms with Crippen molar-refractivity contribution in [1.82, 2.24) is 10.6 Å². The Hall–Kier alpha value is -5.07. The number of hydrogen-bond acceptors (Lipinski definition) is 7. The third-order valence-corrected chi connectivity index (χ3v) is 7.57. The summed E-state index contributed by atoms with van der Waals surface area (Å²) in [7, 11) is 0. The molecule has 0 unspecified atom stereocenters. The van der Waals surface area contributed by atoms with E-state index in [1.165, 1.54) is 6.92 Å². The number of nitrogens with zero attached hydrogens (tertiary/aromatic N) is 2. The molecule has 0 saturated heterocycles. The number of carbonyl (C=O) groups is 4. The van der Waals surface area contributed by atoms with Gasteiger partial charge in [0.15, 0.2) is 17.7 Å².